The van der Waals surface area contributed by atoms with Crippen LogP contribution < -0.4 is 5.32 Å². The van der Waals surface area contributed by atoms with E-state index >= 15 is 0 Å². The van der Waals surface area contributed by atoms with Gasteiger partial charge in [-0.05, 0) is 11.8 Å². The first-order chi connectivity index (χ1) is 6.47. The molecule has 0 aliphatic carbocycles. The van der Waals surface area contributed by atoms with Crippen molar-refractivity contribution >= 4 is 5.96 Å². The highest BCUT2D eigenvalue weighted by Gasteiger charge is 2.12. The van der Waals surface area contributed by atoms with Crippen LogP contribution in [-0.2, 0) is 0 Å². The lowest BCUT2D eigenvalue weighted by atomic mass is 10.1. The molecular formula is C10H20N4. The Balaban J connectivity index is 4.24. The summed E-state index contributed by atoms with van der Waals surface area (Å²) in [6.07, 6.45) is 1.78. The normalized spacial score (nSPS) is 10.1. The molecule has 0 aliphatic rings. The summed E-state index contributed by atoms with van der Waals surface area (Å²) in [5.74, 6) is 1.19. The Hall–Kier alpha value is -1.24. The smallest absolute Gasteiger partial charge is 0.204 e. The van der Waals surface area contributed by atoms with E-state index in [1.54, 1.807) is 6.19 Å². The van der Waals surface area contributed by atoms with Crippen molar-refractivity contribution in [3.8, 4) is 6.19 Å². The molecule has 0 aromatic heterocycles. The molecule has 0 rings (SSSR count). The number of rotatable bonds is 4. The van der Waals surface area contributed by atoms with Gasteiger partial charge in [-0.3, -0.25) is 10.7 Å². The van der Waals surface area contributed by atoms with Crippen LogP contribution in [-0.4, -0.2) is 23.9 Å². The Labute approximate surface area is 86.4 Å². The predicted octanol–water partition coefficient (Wildman–Crippen LogP) is 1.61. The van der Waals surface area contributed by atoms with Gasteiger partial charge in [0, 0.05) is 13.1 Å². The highest BCUT2D eigenvalue weighted by molar-refractivity contribution is 5.78. The molecule has 0 atom stereocenters. The van der Waals surface area contributed by atoms with E-state index in [0.717, 1.165) is 13.1 Å². The summed E-state index contributed by atoms with van der Waals surface area (Å²) < 4.78 is 0. The molecule has 0 radical (unpaired) electrons. The molecule has 4 nitrogen and oxygen atoms in total. The third kappa shape index (κ3) is 5.41. The second-order valence-corrected chi connectivity index (χ2v) is 4.28. The minimum absolute atomic E-state index is 0.204. The van der Waals surface area contributed by atoms with Crippen molar-refractivity contribution < 1.29 is 0 Å². The Morgan fingerprint density at radius 1 is 1.29 bits per heavy atom. The van der Waals surface area contributed by atoms with E-state index in [4.69, 9.17) is 10.7 Å². The van der Waals surface area contributed by atoms with Crippen molar-refractivity contribution in [2.24, 2.45) is 11.8 Å². The monoisotopic (exact) mass is 196 g/mol. The lowest BCUT2D eigenvalue weighted by Gasteiger charge is -2.27. The van der Waals surface area contributed by atoms with Crippen molar-refractivity contribution in [2.75, 3.05) is 13.1 Å². The molecule has 2 N–H and O–H groups in total. The second kappa shape index (κ2) is 6.25. The summed E-state index contributed by atoms with van der Waals surface area (Å²) in [5.41, 5.74) is 0. The predicted molar refractivity (Wildman–Crippen MR) is 57.7 cm³/mol. The van der Waals surface area contributed by atoms with Crippen molar-refractivity contribution in [2.45, 2.75) is 27.7 Å². The van der Waals surface area contributed by atoms with E-state index < -0.39 is 0 Å². The molecule has 0 unspecified atom stereocenters. The first-order valence-corrected chi connectivity index (χ1v) is 4.96. The first-order valence-electron chi connectivity index (χ1n) is 4.96. The fourth-order valence-electron chi connectivity index (χ4n) is 1.27. The number of nitrogens with one attached hydrogen (secondary N) is 2. The lowest BCUT2D eigenvalue weighted by Crippen LogP contribution is -2.42. The molecule has 0 bridgehead atoms. The fourth-order valence-corrected chi connectivity index (χ4v) is 1.27. The number of nitriles is 1. The van der Waals surface area contributed by atoms with E-state index in [1.165, 1.54) is 0 Å². The molecule has 0 saturated heterocycles. The summed E-state index contributed by atoms with van der Waals surface area (Å²) in [5, 5.41) is 18.4. The van der Waals surface area contributed by atoms with Crippen LogP contribution in [0.3, 0.4) is 0 Å². The van der Waals surface area contributed by atoms with Gasteiger partial charge in [0.25, 0.3) is 0 Å². The highest BCUT2D eigenvalue weighted by Crippen LogP contribution is 2.03. The quantitative estimate of drug-likeness (QED) is 0.311. The lowest BCUT2D eigenvalue weighted by molar-refractivity contribution is 0.320. The zero-order chi connectivity index (χ0) is 11.1. The summed E-state index contributed by atoms with van der Waals surface area (Å²) in [6, 6.07) is 0. The summed E-state index contributed by atoms with van der Waals surface area (Å²) in [7, 11) is 0. The van der Waals surface area contributed by atoms with Gasteiger partial charge >= 0.3 is 0 Å². The molecule has 80 valence electrons. The van der Waals surface area contributed by atoms with Crippen molar-refractivity contribution in [1.29, 1.82) is 10.7 Å². The van der Waals surface area contributed by atoms with Crippen LogP contribution in [0, 0.1) is 28.7 Å². The molecule has 4 heteroatoms. The topological polar surface area (TPSA) is 62.9 Å². The number of hydrogen-bond donors (Lipinski definition) is 2. The van der Waals surface area contributed by atoms with Crippen LogP contribution >= 0.6 is 0 Å². The average Bonchev–Trinajstić information content (AvgIpc) is 2.01. The maximum absolute atomic E-state index is 8.43. The summed E-state index contributed by atoms with van der Waals surface area (Å²) in [4.78, 5) is 1.90. The summed E-state index contributed by atoms with van der Waals surface area (Å²) in [6.45, 7) is 10.0. The number of guanidine groups is 1. The van der Waals surface area contributed by atoms with Gasteiger partial charge in [0.05, 0.1) is 0 Å². The Kier molecular flexibility index (Phi) is 5.70. The highest BCUT2D eigenvalue weighted by atomic mass is 15.3. The molecule has 0 aromatic carbocycles. The molecule has 0 aromatic rings. The van der Waals surface area contributed by atoms with Crippen molar-refractivity contribution in [3.05, 3.63) is 0 Å². The van der Waals surface area contributed by atoms with Gasteiger partial charge in [-0.2, -0.15) is 5.26 Å². The van der Waals surface area contributed by atoms with E-state index in [0.29, 0.717) is 11.8 Å². The minimum atomic E-state index is 0.204. The standard InChI is InChI=1S/C10H20N4/c1-8(2)5-14(6-9(3)4)10(12)13-7-11/h8-9H,5-6H2,1-4H3,(H2,12,13). The molecule has 0 heterocycles. The molecule has 0 fully saturated rings. The van der Waals surface area contributed by atoms with E-state index in [9.17, 15) is 0 Å². The maximum atomic E-state index is 8.43. The van der Waals surface area contributed by atoms with Gasteiger partial charge in [0.1, 0.15) is 0 Å². The molecule has 0 spiro atoms. The van der Waals surface area contributed by atoms with Gasteiger partial charge < -0.3 is 4.90 Å². The molecule has 0 amide bonds. The van der Waals surface area contributed by atoms with Gasteiger partial charge in [-0.1, -0.05) is 27.7 Å². The van der Waals surface area contributed by atoms with Crippen molar-refractivity contribution in [1.82, 2.24) is 10.2 Å². The van der Waals surface area contributed by atoms with Crippen LogP contribution in [0.1, 0.15) is 27.7 Å². The summed E-state index contributed by atoms with van der Waals surface area (Å²) >= 11 is 0. The fraction of sp³-hybridized carbons (Fsp3) is 0.800. The van der Waals surface area contributed by atoms with E-state index in [2.05, 4.69) is 33.0 Å². The average molecular weight is 196 g/mol. The Morgan fingerprint density at radius 3 is 2.00 bits per heavy atom. The Morgan fingerprint density at radius 2 is 1.71 bits per heavy atom. The van der Waals surface area contributed by atoms with Gasteiger partial charge in [0.15, 0.2) is 6.19 Å². The largest absolute Gasteiger partial charge is 0.342 e. The first kappa shape index (κ1) is 12.8. The maximum Gasteiger partial charge on any atom is 0.204 e. The van der Waals surface area contributed by atoms with Crippen LogP contribution in [0.2, 0.25) is 0 Å². The minimum Gasteiger partial charge on any atom is -0.342 e. The van der Waals surface area contributed by atoms with Crippen LogP contribution in [0.15, 0.2) is 0 Å². The van der Waals surface area contributed by atoms with Crippen LogP contribution in [0.4, 0.5) is 0 Å². The number of hydrogen-bond acceptors (Lipinski definition) is 2. The van der Waals surface area contributed by atoms with Crippen molar-refractivity contribution in [3.63, 3.8) is 0 Å². The van der Waals surface area contributed by atoms with E-state index in [-0.39, 0.29) is 5.96 Å². The van der Waals surface area contributed by atoms with Gasteiger partial charge in [-0.15, -0.1) is 0 Å². The third-order valence-corrected chi connectivity index (χ3v) is 1.66. The molecular weight excluding hydrogens is 176 g/mol. The molecule has 0 aliphatic heterocycles. The molecule has 14 heavy (non-hydrogen) atoms. The molecule has 0 saturated carbocycles. The SMILES string of the molecule is CC(C)CN(CC(C)C)C(=N)NC#N. The number of nitrogens with zero attached hydrogens (tertiary/aromatic N) is 2. The zero-order valence-corrected chi connectivity index (χ0v) is 9.46. The van der Waals surface area contributed by atoms with E-state index in [1.807, 2.05) is 4.90 Å². The third-order valence-electron chi connectivity index (χ3n) is 1.66. The Bertz CT molecular complexity index is 205. The zero-order valence-electron chi connectivity index (χ0n) is 9.46. The second-order valence-electron chi connectivity index (χ2n) is 4.28. The van der Waals surface area contributed by atoms with Gasteiger partial charge in [-0.25, -0.2) is 0 Å². The van der Waals surface area contributed by atoms with Crippen LogP contribution in [0.25, 0.3) is 0 Å². The van der Waals surface area contributed by atoms with Gasteiger partial charge in [0.2, 0.25) is 5.96 Å². The van der Waals surface area contributed by atoms with Crippen LogP contribution in [0.5, 0.6) is 0 Å².